The smallest absolute Gasteiger partial charge is 0.142 e. The highest BCUT2D eigenvalue weighted by Crippen LogP contribution is 2.28. The molecule has 0 saturated carbocycles. The summed E-state index contributed by atoms with van der Waals surface area (Å²) < 4.78 is 11.8. The standard InChI is InChI=1S/C16H24N2O2/c1-2-19-13-7-9-18(10-8-13)12-14-11-17-15-5-3-4-6-16(15)20-14/h3-6,13-14,17H,2,7-12H2,1H3. The van der Waals surface area contributed by atoms with Gasteiger partial charge in [-0.05, 0) is 31.9 Å². The summed E-state index contributed by atoms with van der Waals surface area (Å²) in [7, 11) is 0. The first kappa shape index (κ1) is 13.7. The number of benzene rings is 1. The van der Waals surface area contributed by atoms with Crippen LogP contribution in [0.2, 0.25) is 0 Å². The molecule has 20 heavy (non-hydrogen) atoms. The molecule has 0 radical (unpaired) electrons. The monoisotopic (exact) mass is 276 g/mol. The molecule has 4 nitrogen and oxygen atoms in total. The third-order valence-corrected chi connectivity index (χ3v) is 4.10. The van der Waals surface area contributed by atoms with Gasteiger partial charge in [0.2, 0.25) is 0 Å². The number of rotatable bonds is 4. The van der Waals surface area contributed by atoms with Crippen molar-refractivity contribution in [1.29, 1.82) is 0 Å². The number of hydrogen-bond donors (Lipinski definition) is 1. The van der Waals surface area contributed by atoms with E-state index in [-0.39, 0.29) is 6.10 Å². The van der Waals surface area contributed by atoms with E-state index in [1.54, 1.807) is 0 Å². The number of piperidine rings is 1. The van der Waals surface area contributed by atoms with Crippen LogP contribution < -0.4 is 10.1 Å². The molecule has 0 bridgehead atoms. The van der Waals surface area contributed by atoms with E-state index in [1.807, 2.05) is 18.2 Å². The maximum absolute atomic E-state index is 6.07. The minimum atomic E-state index is 0.244. The molecule has 0 spiro atoms. The molecule has 1 atom stereocenters. The number of para-hydroxylation sites is 2. The lowest BCUT2D eigenvalue weighted by Gasteiger charge is -2.35. The number of nitrogens with one attached hydrogen (secondary N) is 1. The van der Waals surface area contributed by atoms with Gasteiger partial charge in [0.1, 0.15) is 11.9 Å². The molecule has 1 aromatic rings. The van der Waals surface area contributed by atoms with Gasteiger partial charge in [0.25, 0.3) is 0 Å². The van der Waals surface area contributed by atoms with Crippen LogP contribution in [-0.4, -0.2) is 49.9 Å². The molecule has 1 aromatic carbocycles. The highest BCUT2D eigenvalue weighted by molar-refractivity contribution is 5.57. The van der Waals surface area contributed by atoms with Crippen molar-refractivity contribution in [2.24, 2.45) is 0 Å². The quantitative estimate of drug-likeness (QED) is 0.915. The second-order valence-electron chi connectivity index (χ2n) is 5.57. The molecule has 1 fully saturated rings. The van der Waals surface area contributed by atoms with Crippen molar-refractivity contribution in [1.82, 2.24) is 4.90 Å². The summed E-state index contributed by atoms with van der Waals surface area (Å²) in [6.07, 6.45) is 2.99. The predicted molar refractivity (Wildman–Crippen MR) is 80.4 cm³/mol. The van der Waals surface area contributed by atoms with Gasteiger partial charge in [-0.25, -0.2) is 0 Å². The zero-order chi connectivity index (χ0) is 13.8. The van der Waals surface area contributed by atoms with E-state index in [2.05, 4.69) is 23.2 Å². The summed E-state index contributed by atoms with van der Waals surface area (Å²) in [5.41, 5.74) is 1.11. The first-order valence-corrected chi connectivity index (χ1v) is 7.68. The first-order chi connectivity index (χ1) is 9.85. The molecule has 110 valence electrons. The van der Waals surface area contributed by atoms with E-state index in [9.17, 15) is 0 Å². The van der Waals surface area contributed by atoms with Crippen LogP contribution in [0.5, 0.6) is 5.75 Å². The zero-order valence-corrected chi connectivity index (χ0v) is 12.2. The fourth-order valence-electron chi connectivity index (χ4n) is 3.04. The molecule has 2 aliphatic heterocycles. The summed E-state index contributed by atoms with van der Waals surface area (Å²) in [6, 6.07) is 8.17. The SMILES string of the molecule is CCOC1CCN(CC2CNc3ccccc3O2)CC1. The van der Waals surface area contributed by atoms with Crippen molar-refractivity contribution in [3.8, 4) is 5.75 Å². The van der Waals surface area contributed by atoms with Crippen LogP contribution in [0.1, 0.15) is 19.8 Å². The topological polar surface area (TPSA) is 33.7 Å². The Morgan fingerprint density at radius 1 is 1.30 bits per heavy atom. The van der Waals surface area contributed by atoms with Gasteiger partial charge in [0.15, 0.2) is 0 Å². The largest absolute Gasteiger partial charge is 0.485 e. The fraction of sp³-hybridized carbons (Fsp3) is 0.625. The van der Waals surface area contributed by atoms with Crippen LogP contribution in [0, 0.1) is 0 Å². The van der Waals surface area contributed by atoms with Gasteiger partial charge in [-0.1, -0.05) is 12.1 Å². The number of ether oxygens (including phenoxy) is 2. The Bertz CT molecular complexity index is 430. The normalized spacial score (nSPS) is 23.8. The Balaban J connectivity index is 1.48. The van der Waals surface area contributed by atoms with Crippen molar-refractivity contribution in [3.05, 3.63) is 24.3 Å². The average molecular weight is 276 g/mol. The van der Waals surface area contributed by atoms with Crippen LogP contribution in [0.25, 0.3) is 0 Å². The van der Waals surface area contributed by atoms with Gasteiger partial charge in [-0.3, -0.25) is 4.90 Å². The minimum Gasteiger partial charge on any atom is -0.485 e. The van der Waals surface area contributed by atoms with E-state index in [1.165, 1.54) is 0 Å². The maximum atomic E-state index is 6.07. The van der Waals surface area contributed by atoms with Crippen LogP contribution in [0.4, 0.5) is 5.69 Å². The number of anilines is 1. The van der Waals surface area contributed by atoms with Crippen LogP contribution in [-0.2, 0) is 4.74 Å². The van der Waals surface area contributed by atoms with E-state index in [0.717, 1.165) is 57.1 Å². The van der Waals surface area contributed by atoms with E-state index >= 15 is 0 Å². The Morgan fingerprint density at radius 3 is 2.90 bits per heavy atom. The van der Waals surface area contributed by atoms with Gasteiger partial charge in [-0.15, -0.1) is 0 Å². The summed E-state index contributed by atoms with van der Waals surface area (Å²) in [4.78, 5) is 2.50. The Labute approximate surface area is 121 Å². The molecule has 1 N–H and O–H groups in total. The average Bonchev–Trinajstić information content (AvgIpc) is 2.49. The second kappa shape index (κ2) is 6.46. The third-order valence-electron chi connectivity index (χ3n) is 4.10. The summed E-state index contributed by atoms with van der Waals surface area (Å²) >= 11 is 0. The van der Waals surface area contributed by atoms with Gasteiger partial charge < -0.3 is 14.8 Å². The zero-order valence-electron chi connectivity index (χ0n) is 12.2. The van der Waals surface area contributed by atoms with E-state index < -0.39 is 0 Å². The molecule has 1 unspecified atom stereocenters. The summed E-state index contributed by atoms with van der Waals surface area (Å²) in [6.45, 7) is 7.03. The highest BCUT2D eigenvalue weighted by Gasteiger charge is 2.25. The minimum absolute atomic E-state index is 0.244. The third kappa shape index (κ3) is 3.25. The van der Waals surface area contributed by atoms with Crippen molar-refractivity contribution in [2.75, 3.05) is 38.1 Å². The number of likely N-dealkylation sites (tertiary alicyclic amines) is 1. The van der Waals surface area contributed by atoms with Crippen molar-refractivity contribution < 1.29 is 9.47 Å². The van der Waals surface area contributed by atoms with Crippen LogP contribution in [0.15, 0.2) is 24.3 Å². The number of nitrogens with zero attached hydrogens (tertiary/aromatic N) is 1. The molecule has 2 aliphatic rings. The molecule has 2 heterocycles. The fourth-order valence-corrected chi connectivity index (χ4v) is 3.04. The van der Waals surface area contributed by atoms with Gasteiger partial charge in [-0.2, -0.15) is 0 Å². The molecule has 0 aromatic heterocycles. The molecular weight excluding hydrogens is 252 g/mol. The lowest BCUT2D eigenvalue weighted by atomic mass is 10.1. The maximum Gasteiger partial charge on any atom is 0.142 e. The molecule has 0 amide bonds. The molecule has 4 heteroatoms. The second-order valence-corrected chi connectivity index (χ2v) is 5.57. The summed E-state index contributed by atoms with van der Waals surface area (Å²) in [5, 5.41) is 3.45. The molecular formula is C16H24N2O2. The lowest BCUT2D eigenvalue weighted by molar-refractivity contribution is 0.00635. The molecule has 1 saturated heterocycles. The van der Waals surface area contributed by atoms with Crippen molar-refractivity contribution in [2.45, 2.75) is 32.0 Å². The molecule has 0 aliphatic carbocycles. The Kier molecular flexibility index (Phi) is 4.43. The Morgan fingerprint density at radius 2 is 2.10 bits per heavy atom. The predicted octanol–water partition coefficient (Wildman–Crippen LogP) is 2.36. The van der Waals surface area contributed by atoms with Crippen LogP contribution in [0.3, 0.4) is 0 Å². The lowest BCUT2D eigenvalue weighted by Crippen LogP contribution is -2.45. The number of hydrogen-bond acceptors (Lipinski definition) is 4. The Hall–Kier alpha value is -1.26. The molecule has 3 rings (SSSR count). The van der Waals surface area contributed by atoms with E-state index in [4.69, 9.17) is 9.47 Å². The number of fused-ring (bicyclic) bond motifs is 1. The van der Waals surface area contributed by atoms with Crippen molar-refractivity contribution >= 4 is 5.69 Å². The van der Waals surface area contributed by atoms with Gasteiger partial charge >= 0.3 is 0 Å². The van der Waals surface area contributed by atoms with E-state index in [0.29, 0.717) is 6.10 Å². The van der Waals surface area contributed by atoms with Gasteiger partial charge in [0.05, 0.1) is 18.3 Å². The highest BCUT2D eigenvalue weighted by atomic mass is 16.5. The first-order valence-electron chi connectivity index (χ1n) is 7.68. The van der Waals surface area contributed by atoms with Crippen molar-refractivity contribution in [3.63, 3.8) is 0 Å². The van der Waals surface area contributed by atoms with Crippen LogP contribution >= 0.6 is 0 Å². The summed E-state index contributed by atoms with van der Waals surface area (Å²) in [5.74, 6) is 0.980. The van der Waals surface area contributed by atoms with Gasteiger partial charge in [0, 0.05) is 26.2 Å².